The molecule has 2 heterocycles. The minimum atomic E-state index is -4.47. The van der Waals surface area contributed by atoms with Gasteiger partial charge in [0.2, 0.25) is 0 Å². The molecular weight excluding hydrogens is 331 g/mol. The first-order valence-corrected chi connectivity index (χ1v) is 5.60. The summed E-state index contributed by atoms with van der Waals surface area (Å²) >= 11 is 3.00. The van der Waals surface area contributed by atoms with Crippen molar-refractivity contribution in [1.82, 2.24) is 14.8 Å². The molecule has 0 spiro atoms. The van der Waals surface area contributed by atoms with Crippen LogP contribution in [0.2, 0.25) is 0 Å². The number of pyridine rings is 1. The molecule has 9 heteroatoms. The van der Waals surface area contributed by atoms with Crippen molar-refractivity contribution in [3.05, 3.63) is 40.3 Å². The average Bonchev–Trinajstić information content (AvgIpc) is 2.70. The molecule has 0 saturated heterocycles. The second-order valence-corrected chi connectivity index (χ2v) is 4.22. The molecule has 0 bridgehead atoms. The van der Waals surface area contributed by atoms with Gasteiger partial charge in [-0.3, -0.25) is 0 Å². The number of aromatic carboxylic acids is 1. The molecule has 1 N–H and O–H groups in total. The van der Waals surface area contributed by atoms with Crippen LogP contribution in [0.25, 0.3) is 5.82 Å². The third-order valence-electron chi connectivity index (χ3n) is 2.23. The van der Waals surface area contributed by atoms with Crippen molar-refractivity contribution < 1.29 is 23.1 Å². The van der Waals surface area contributed by atoms with E-state index >= 15 is 0 Å². The second kappa shape index (κ2) is 4.65. The normalized spacial score (nSPS) is 11.6. The van der Waals surface area contributed by atoms with E-state index in [1.54, 1.807) is 0 Å². The van der Waals surface area contributed by atoms with E-state index in [0.29, 0.717) is 6.20 Å². The Bertz CT molecular complexity index is 622. The summed E-state index contributed by atoms with van der Waals surface area (Å²) < 4.78 is 38.3. The number of nitrogens with zero attached hydrogens (tertiary/aromatic N) is 3. The maximum absolute atomic E-state index is 12.4. The Kier molecular flexibility index (Phi) is 3.31. The molecule has 0 aliphatic carbocycles. The smallest absolute Gasteiger partial charge is 0.417 e. The summed E-state index contributed by atoms with van der Waals surface area (Å²) in [5.41, 5.74) is -1.00. The summed E-state index contributed by atoms with van der Waals surface area (Å²) in [6.07, 6.45) is -2.74. The van der Waals surface area contributed by atoms with Crippen molar-refractivity contribution in [1.29, 1.82) is 0 Å². The van der Waals surface area contributed by atoms with E-state index in [9.17, 15) is 18.0 Å². The molecule has 0 fully saturated rings. The van der Waals surface area contributed by atoms with Gasteiger partial charge in [0.25, 0.3) is 0 Å². The van der Waals surface area contributed by atoms with Crippen LogP contribution in [0.3, 0.4) is 0 Å². The summed E-state index contributed by atoms with van der Waals surface area (Å²) in [5.74, 6) is -1.13. The van der Waals surface area contributed by atoms with Crippen molar-refractivity contribution in [2.24, 2.45) is 0 Å². The van der Waals surface area contributed by atoms with Gasteiger partial charge in [-0.2, -0.15) is 18.3 Å². The molecule has 0 aliphatic rings. The quantitative estimate of drug-likeness (QED) is 0.916. The fourth-order valence-electron chi connectivity index (χ4n) is 1.32. The van der Waals surface area contributed by atoms with Crippen LogP contribution < -0.4 is 0 Å². The van der Waals surface area contributed by atoms with Crippen molar-refractivity contribution in [2.45, 2.75) is 6.18 Å². The number of hydrogen-bond donors (Lipinski definition) is 1. The van der Waals surface area contributed by atoms with E-state index < -0.39 is 17.7 Å². The Balaban J connectivity index is 2.41. The Morgan fingerprint density at radius 1 is 1.32 bits per heavy atom. The zero-order valence-electron chi connectivity index (χ0n) is 9.02. The fraction of sp³-hybridized carbons (Fsp3) is 0.100. The van der Waals surface area contributed by atoms with Crippen LogP contribution in [0.4, 0.5) is 13.2 Å². The highest BCUT2D eigenvalue weighted by atomic mass is 79.9. The third kappa shape index (κ3) is 2.60. The minimum absolute atomic E-state index is 0.0763. The minimum Gasteiger partial charge on any atom is -0.478 e. The maximum Gasteiger partial charge on any atom is 0.417 e. The number of halogens is 4. The molecule has 5 nitrogen and oxygen atoms in total. The predicted molar refractivity (Wildman–Crippen MR) is 61.0 cm³/mol. The van der Waals surface area contributed by atoms with Crippen molar-refractivity contribution >= 4 is 21.9 Å². The predicted octanol–water partition coefficient (Wildman–Crippen LogP) is 2.75. The molecule has 0 amide bonds. The van der Waals surface area contributed by atoms with Gasteiger partial charge in [-0.1, -0.05) is 0 Å². The maximum atomic E-state index is 12.4. The molecule has 0 atom stereocenters. The number of hydrogen-bond acceptors (Lipinski definition) is 3. The Hall–Kier alpha value is -1.90. The van der Waals surface area contributed by atoms with Gasteiger partial charge in [0.05, 0.1) is 11.8 Å². The van der Waals surface area contributed by atoms with Gasteiger partial charge >= 0.3 is 12.1 Å². The lowest BCUT2D eigenvalue weighted by Crippen LogP contribution is -2.07. The third-order valence-corrected chi connectivity index (χ3v) is 3.00. The van der Waals surface area contributed by atoms with Crippen LogP contribution in [0.15, 0.2) is 29.1 Å². The summed E-state index contributed by atoms with van der Waals surface area (Å²) in [7, 11) is 0. The van der Waals surface area contributed by atoms with Crippen molar-refractivity contribution in [2.75, 3.05) is 0 Å². The summed E-state index contributed by atoms with van der Waals surface area (Å²) in [4.78, 5) is 14.4. The van der Waals surface area contributed by atoms with E-state index in [4.69, 9.17) is 5.11 Å². The average molecular weight is 336 g/mol. The van der Waals surface area contributed by atoms with Crippen molar-refractivity contribution in [3.8, 4) is 5.82 Å². The van der Waals surface area contributed by atoms with Gasteiger partial charge in [-0.15, -0.1) is 0 Å². The Morgan fingerprint density at radius 3 is 2.42 bits per heavy atom. The molecular formula is C10H5BrF3N3O2. The molecule has 0 aliphatic heterocycles. The van der Waals surface area contributed by atoms with Gasteiger partial charge < -0.3 is 5.11 Å². The molecule has 100 valence electrons. The second-order valence-electron chi connectivity index (χ2n) is 3.47. The highest BCUT2D eigenvalue weighted by molar-refractivity contribution is 9.10. The number of carboxylic acids is 1. The fourth-order valence-corrected chi connectivity index (χ4v) is 1.86. The number of carboxylic acid groups (broad SMARTS) is 1. The lowest BCUT2D eigenvalue weighted by molar-refractivity contribution is -0.137. The van der Waals surface area contributed by atoms with Crippen molar-refractivity contribution in [3.63, 3.8) is 0 Å². The summed E-state index contributed by atoms with van der Waals surface area (Å²) in [5, 5.41) is 12.6. The lowest BCUT2D eigenvalue weighted by Gasteiger charge is -2.07. The van der Waals surface area contributed by atoms with Gasteiger partial charge in [0, 0.05) is 6.20 Å². The van der Waals surface area contributed by atoms with Crippen LogP contribution in [0, 0.1) is 0 Å². The largest absolute Gasteiger partial charge is 0.478 e. The van der Waals surface area contributed by atoms with E-state index in [2.05, 4.69) is 26.0 Å². The van der Waals surface area contributed by atoms with Gasteiger partial charge in [0.15, 0.2) is 5.82 Å². The topological polar surface area (TPSA) is 68.0 Å². The highest BCUT2D eigenvalue weighted by Crippen LogP contribution is 2.29. The van der Waals surface area contributed by atoms with Crippen LogP contribution in [0.1, 0.15) is 15.9 Å². The number of aromatic nitrogens is 3. The number of rotatable bonds is 2. The van der Waals surface area contributed by atoms with Crippen LogP contribution in [-0.4, -0.2) is 25.8 Å². The molecule has 2 aromatic heterocycles. The molecule has 19 heavy (non-hydrogen) atoms. The molecule has 2 rings (SSSR count). The first-order valence-electron chi connectivity index (χ1n) is 4.81. The first kappa shape index (κ1) is 13.5. The van der Waals surface area contributed by atoms with E-state index in [-0.39, 0.29) is 16.0 Å². The molecule has 2 aromatic rings. The summed E-state index contributed by atoms with van der Waals surface area (Å²) in [6, 6.07) is 1.95. The van der Waals surface area contributed by atoms with E-state index in [0.717, 1.165) is 23.0 Å². The lowest BCUT2D eigenvalue weighted by atomic mass is 10.3. The van der Waals surface area contributed by atoms with E-state index in [1.165, 1.54) is 0 Å². The molecule has 0 saturated carbocycles. The molecule has 0 radical (unpaired) electrons. The molecule has 0 unspecified atom stereocenters. The molecule has 0 aromatic carbocycles. The first-order chi connectivity index (χ1) is 8.80. The highest BCUT2D eigenvalue weighted by Gasteiger charge is 2.30. The van der Waals surface area contributed by atoms with Gasteiger partial charge in [-0.25, -0.2) is 14.5 Å². The SMILES string of the molecule is O=C(O)c1cnn(-c2ccc(C(F)(F)F)cn2)c1Br. The monoisotopic (exact) mass is 335 g/mol. The standard InChI is InChI=1S/C10H5BrF3N3O2/c11-8-6(9(18)19)4-16-17(8)7-2-1-5(3-15-7)10(12,13)14/h1-4H,(H,18,19). The van der Waals surface area contributed by atoms with Crippen LogP contribution >= 0.6 is 15.9 Å². The van der Waals surface area contributed by atoms with Gasteiger partial charge in [0.1, 0.15) is 10.2 Å². The number of carbonyl (C=O) groups is 1. The van der Waals surface area contributed by atoms with Crippen LogP contribution in [-0.2, 0) is 6.18 Å². The zero-order chi connectivity index (χ0) is 14.2. The number of alkyl halides is 3. The zero-order valence-corrected chi connectivity index (χ0v) is 10.6. The Morgan fingerprint density at radius 2 is 2.00 bits per heavy atom. The van der Waals surface area contributed by atoms with Crippen LogP contribution in [0.5, 0.6) is 0 Å². The summed E-state index contributed by atoms with van der Waals surface area (Å²) in [6.45, 7) is 0. The van der Waals surface area contributed by atoms with Gasteiger partial charge in [-0.05, 0) is 28.1 Å². The van der Waals surface area contributed by atoms with E-state index in [1.807, 2.05) is 0 Å². The Labute approximate surface area is 112 Å².